The lowest BCUT2D eigenvalue weighted by Crippen LogP contribution is -2.26. The zero-order valence-corrected chi connectivity index (χ0v) is 16.1. The molecule has 0 unspecified atom stereocenters. The summed E-state index contributed by atoms with van der Waals surface area (Å²) in [5.74, 6) is -0.918. The van der Waals surface area contributed by atoms with Gasteiger partial charge in [0.25, 0.3) is 0 Å². The molecular weight excluding hydrogens is 355 g/mol. The Hall–Kier alpha value is -1.08. The summed E-state index contributed by atoms with van der Waals surface area (Å²) in [5.41, 5.74) is 1.38. The van der Waals surface area contributed by atoms with E-state index in [2.05, 4.69) is 9.80 Å². The van der Waals surface area contributed by atoms with Gasteiger partial charge in [0.05, 0.1) is 6.61 Å². The highest BCUT2D eigenvalue weighted by atomic mass is 35.5. The first kappa shape index (κ1) is 25.2. The van der Waals surface area contributed by atoms with Crippen LogP contribution in [0.3, 0.4) is 0 Å². The Labute approximate surface area is 156 Å². The quantitative estimate of drug-likeness (QED) is 0.752. The number of likely N-dealkylation sites (N-methyl/N-ethyl adjacent to an activating group) is 2. The number of hydrogen-bond donors (Lipinski definition) is 1. The summed E-state index contributed by atoms with van der Waals surface area (Å²) in [5, 5.41) is 8.54. The van der Waals surface area contributed by atoms with Crippen molar-refractivity contribution in [2.45, 2.75) is 19.8 Å². The number of carbonyl (C=O) groups excluding carboxylic acids is 1. The minimum absolute atomic E-state index is 0. The van der Waals surface area contributed by atoms with Gasteiger partial charge in [0.2, 0.25) is 0 Å². The van der Waals surface area contributed by atoms with E-state index in [0.717, 1.165) is 38.2 Å². The molecule has 0 atom stereocenters. The molecule has 0 aliphatic carbocycles. The standard InChI is InChI=1S/C9H15NO2.C7H11NO2.2ClH/c1-3-12-9(11)8-4-6-10(2)7-5-8;1-8-4-2-6(3-5-8)7(9)10;;/h4H,3,5-7H2,1-2H3;2H,3-5H2,1H3,(H,9,10);2*1H. The van der Waals surface area contributed by atoms with Gasteiger partial charge >= 0.3 is 11.9 Å². The highest BCUT2D eigenvalue weighted by Gasteiger charge is 2.15. The molecule has 0 aromatic rings. The molecule has 24 heavy (non-hydrogen) atoms. The van der Waals surface area contributed by atoms with E-state index in [9.17, 15) is 9.59 Å². The van der Waals surface area contributed by atoms with Gasteiger partial charge in [-0.25, -0.2) is 9.59 Å². The lowest BCUT2D eigenvalue weighted by atomic mass is 10.1. The van der Waals surface area contributed by atoms with E-state index in [-0.39, 0.29) is 30.8 Å². The Balaban J connectivity index is 0. The SMILES string of the molecule is CCOC(=O)C1=CCN(C)CC1.CN1CC=C(C(=O)O)CC1.Cl.Cl. The molecule has 6 nitrogen and oxygen atoms in total. The number of carboxylic acids is 1. The zero-order valence-electron chi connectivity index (χ0n) is 14.5. The molecule has 2 aliphatic rings. The number of nitrogens with zero attached hydrogens (tertiary/aromatic N) is 2. The van der Waals surface area contributed by atoms with Gasteiger partial charge in [-0.2, -0.15) is 0 Å². The number of carbonyl (C=O) groups is 2. The van der Waals surface area contributed by atoms with Crippen LogP contribution < -0.4 is 0 Å². The van der Waals surface area contributed by atoms with E-state index >= 15 is 0 Å². The molecule has 140 valence electrons. The fourth-order valence-corrected chi connectivity index (χ4v) is 2.14. The molecule has 0 spiro atoms. The number of rotatable bonds is 3. The van der Waals surface area contributed by atoms with Crippen LogP contribution in [0.5, 0.6) is 0 Å². The van der Waals surface area contributed by atoms with Crippen molar-refractivity contribution in [3.05, 3.63) is 23.3 Å². The van der Waals surface area contributed by atoms with Gasteiger partial charge in [-0.1, -0.05) is 12.2 Å². The van der Waals surface area contributed by atoms with Crippen molar-refractivity contribution in [1.82, 2.24) is 9.80 Å². The van der Waals surface area contributed by atoms with E-state index in [0.29, 0.717) is 18.6 Å². The minimum atomic E-state index is -0.770. The van der Waals surface area contributed by atoms with E-state index in [4.69, 9.17) is 9.84 Å². The largest absolute Gasteiger partial charge is 0.478 e. The maximum absolute atomic E-state index is 11.2. The molecule has 0 fully saturated rings. The zero-order chi connectivity index (χ0) is 16.5. The number of hydrogen-bond acceptors (Lipinski definition) is 5. The van der Waals surface area contributed by atoms with Crippen LogP contribution >= 0.6 is 24.8 Å². The van der Waals surface area contributed by atoms with Crippen molar-refractivity contribution in [3.8, 4) is 0 Å². The molecule has 0 bridgehead atoms. The van der Waals surface area contributed by atoms with Gasteiger partial charge in [0.15, 0.2) is 0 Å². The average molecular weight is 383 g/mol. The molecular formula is C16H28Cl2N2O4. The average Bonchev–Trinajstić information content (AvgIpc) is 2.49. The third-order valence-electron chi connectivity index (χ3n) is 3.64. The molecule has 0 radical (unpaired) electrons. The van der Waals surface area contributed by atoms with Gasteiger partial charge < -0.3 is 19.6 Å². The Morgan fingerprint density at radius 1 is 1.04 bits per heavy atom. The molecule has 0 saturated heterocycles. The molecule has 2 aliphatic heterocycles. The second-order valence-electron chi connectivity index (χ2n) is 5.51. The lowest BCUT2D eigenvalue weighted by molar-refractivity contribution is -0.139. The van der Waals surface area contributed by atoms with Crippen LogP contribution in [-0.4, -0.2) is 73.7 Å². The van der Waals surface area contributed by atoms with Crippen LogP contribution in [-0.2, 0) is 14.3 Å². The fraction of sp³-hybridized carbons (Fsp3) is 0.625. The molecule has 0 aromatic carbocycles. The smallest absolute Gasteiger partial charge is 0.333 e. The molecule has 1 N–H and O–H groups in total. The van der Waals surface area contributed by atoms with Crippen LogP contribution in [0.2, 0.25) is 0 Å². The first-order valence-electron chi connectivity index (χ1n) is 7.59. The predicted octanol–water partition coefficient (Wildman–Crippen LogP) is 1.99. The second kappa shape index (κ2) is 13.2. The maximum atomic E-state index is 11.2. The van der Waals surface area contributed by atoms with Crippen LogP contribution in [0.25, 0.3) is 0 Å². The third kappa shape index (κ3) is 9.27. The van der Waals surface area contributed by atoms with Crippen LogP contribution in [0.4, 0.5) is 0 Å². The minimum Gasteiger partial charge on any atom is -0.478 e. The Morgan fingerprint density at radius 2 is 1.50 bits per heavy atom. The number of halogens is 2. The third-order valence-corrected chi connectivity index (χ3v) is 3.64. The van der Waals surface area contributed by atoms with Crippen molar-refractivity contribution < 1.29 is 19.4 Å². The number of esters is 1. The maximum Gasteiger partial charge on any atom is 0.333 e. The van der Waals surface area contributed by atoms with Gasteiger partial charge in [0.1, 0.15) is 0 Å². The van der Waals surface area contributed by atoms with Crippen molar-refractivity contribution >= 4 is 36.8 Å². The Bertz CT molecular complexity index is 467. The Kier molecular flexibility index (Phi) is 13.9. The summed E-state index contributed by atoms with van der Waals surface area (Å²) in [7, 11) is 4.02. The van der Waals surface area contributed by atoms with Crippen LogP contribution in [0.15, 0.2) is 23.3 Å². The number of aliphatic carboxylic acids is 1. The molecule has 2 heterocycles. The van der Waals surface area contributed by atoms with E-state index < -0.39 is 5.97 Å². The predicted molar refractivity (Wildman–Crippen MR) is 99.2 cm³/mol. The Morgan fingerprint density at radius 3 is 1.83 bits per heavy atom. The van der Waals surface area contributed by atoms with Gasteiger partial charge in [-0.3, -0.25) is 0 Å². The monoisotopic (exact) mass is 382 g/mol. The van der Waals surface area contributed by atoms with E-state index in [1.807, 2.05) is 27.1 Å². The molecule has 0 saturated carbocycles. The first-order chi connectivity index (χ1) is 10.4. The normalized spacial score (nSPS) is 17.8. The molecule has 8 heteroatoms. The van der Waals surface area contributed by atoms with E-state index in [1.165, 1.54) is 0 Å². The summed E-state index contributed by atoms with van der Waals surface area (Å²) >= 11 is 0. The number of carboxylic acid groups (broad SMARTS) is 1. The van der Waals surface area contributed by atoms with Gasteiger partial charge in [-0.05, 0) is 33.9 Å². The van der Waals surface area contributed by atoms with Crippen LogP contribution in [0.1, 0.15) is 19.8 Å². The fourth-order valence-electron chi connectivity index (χ4n) is 2.14. The summed E-state index contributed by atoms with van der Waals surface area (Å²) < 4.78 is 4.89. The van der Waals surface area contributed by atoms with Crippen LogP contribution in [0, 0.1) is 0 Å². The van der Waals surface area contributed by atoms with Crippen molar-refractivity contribution in [1.29, 1.82) is 0 Å². The van der Waals surface area contributed by atoms with Crippen molar-refractivity contribution in [3.63, 3.8) is 0 Å². The second-order valence-corrected chi connectivity index (χ2v) is 5.51. The highest BCUT2D eigenvalue weighted by molar-refractivity contribution is 5.88. The van der Waals surface area contributed by atoms with Gasteiger partial charge in [0, 0.05) is 37.3 Å². The lowest BCUT2D eigenvalue weighted by Gasteiger charge is -2.20. The summed E-state index contributed by atoms with van der Waals surface area (Å²) in [6.45, 7) is 5.72. The van der Waals surface area contributed by atoms with Crippen molar-refractivity contribution in [2.75, 3.05) is 46.9 Å². The molecule has 2 rings (SSSR count). The topological polar surface area (TPSA) is 70.1 Å². The van der Waals surface area contributed by atoms with E-state index in [1.54, 1.807) is 6.08 Å². The highest BCUT2D eigenvalue weighted by Crippen LogP contribution is 2.10. The molecule has 0 aromatic heterocycles. The summed E-state index contributed by atoms with van der Waals surface area (Å²) in [6, 6.07) is 0. The number of ether oxygens (including phenoxy) is 1. The van der Waals surface area contributed by atoms with Crippen molar-refractivity contribution in [2.24, 2.45) is 0 Å². The van der Waals surface area contributed by atoms with Gasteiger partial charge in [-0.15, -0.1) is 24.8 Å². The molecule has 0 amide bonds. The summed E-state index contributed by atoms with van der Waals surface area (Å²) in [6.07, 6.45) is 5.20. The first-order valence-corrected chi connectivity index (χ1v) is 7.59. The summed E-state index contributed by atoms with van der Waals surface area (Å²) in [4.78, 5) is 25.8.